The molecule has 1 fully saturated rings. The maximum Gasteiger partial charge on any atom is 0.407 e. The lowest BCUT2D eigenvalue weighted by molar-refractivity contribution is -0.127. The molecule has 0 radical (unpaired) electrons. The first-order valence-electron chi connectivity index (χ1n) is 10.2. The Balaban J connectivity index is 1.54. The van der Waals surface area contributed by atoms with Crippen molar-refractivity contribution in [3.63, 3.8) is 0 Å². The minimum Gasteiger partial charge on any atom is -0.493 e. The zero-order valence-corrected chi connectivity index (χ0v) is 18.0. The summed E-state index contributed by atoms with van der Waals surface area (Å²) in [6, 6.07) is 3.65. The molecule has 2 heterocycles. The lowest BCUT2D eigenvalue weighted by atomic mass is 10.0. The lowest BCUT2D eigenvalue weighted by Gasteiger charge is -2.32. The van der Waals surface area contributed by atoms with Crippen LogP contribution in [0.15, 0.2) is 18.2 Å². The van der Waals surface area contributed by atoms with Gasteiger partial charge in [0.05, 0.1) is 7.11 Å². The fraction of sp³-hybridized carbons (Fsp3) is 0.545. The molecule has 1 saturated heterocycles. The van der Waals surface area contributed by atoms with Crippen LogP contribution in [0.2, 0.25) is 0 Å². The Kier molecular flexibility index (Phi) is 6.74. The summed E-state index contributed by atoms with van der Waals surface area (Å²) in [4.78, 5) is 26.2. The number of carbonyl (C=O) groups excluding carboxylic acids is 2. The van der Waals surface area contributed by atoms with Gasteiger partial charge in [0.1, 0.15) is 18.8 Å². The fourth-order valence-corrected chi connectivity index (χ4v) is 3.38. The average molecular weight is 418 g/mol. The van der Waals surface area contributed by atoms with Gasteiger partial charge in [0.2, 0.25) is 11.7 Å². The summed E-state index contributed by atoms with van der Waals surface area (Å²) in [7, 11) is 1.57. The van der Waals surface area contributed by atoms with Crippen LogP contribution in [0.5, 0.6) is 17.2 Å². The monoisotopic (exact) mass is 418 g/mol. The fourth-order valence-electron chi connectivity index (χ4n) is 3.38. The van der Waals surface area contributed by atoms with Gasteiger partial charge in [-0.3, -0.25) is 4.79 Å². The SMILES string of the molecule is COc1cc(/C=C/C(=O)N2CCC(NC(=O)OC(C)(C)C)CC2)cc2c1OCCO2. The van der Waals surface area contributed by atoms with Gasteiger partial charge in [0.15, 0.2) is 11.5 Å². The van der Waals surface area contributed by atoms with Gasteiger partial charge < -0.3 is 29.2 Å². The molecule has 0 aromatic heterocycles. The zero-order chi connectivity index (χ0) is 21.7. The van der Waals surface area contributed by atoms with Crippen LogP contribution in [0.25, 0.3) is 6.08 Å². The molecule has 3 rings (SSSR count). The topological polar surface area (TPSA) is 86.3 Å². The van der Waals surface area contributed by atoms with Crippen LogP contribution in [0.4, 0.5) is 4.79 Å². The molecule has 8 heteroatoms. The van der Waals surface area contributed by atoms with E-state index in [-0.39, 0.29) is 11.9 Å². The van der Waals surface area contributed by atoms with Crippen molar-refractivity contribution in [1.82, 2.24) is 10.2 Å². The predicted molar refractivity (Wildman–Crippen MR) is 112 cm³/mol. The van der Waals surface area contributed by atoms with Gasteiger partial charge in [-0.1, -0.05) is 0 Å². The Labute approximate surface area is 177 Å². The summed E-state index contributed by atoms with van der Waals surface area (Å²) in [5.41, 5.74) is 0.271. The van der Waals surface area contributed by atoms with Crippen LogP contribution in [0.3, 0.4) is 0 Å². The maximum absolute atomic E-state index is 12.6. The minimum absolute atomic E-state index is 0.00920. The van der Waals surface area contributed by atoms with Crippen molar-refractivity contribution in [2.45, 2.75) is 45.3 Å². The van der Waals surface area contributed by atoms with E-state index in [9.17, 15) is 9.59 Å². The lowest BCUT2D eigenvalue weighted by Crippen LogP contribution is -2.47. The molecule has 0 spiro atoms. The summed E-state index contributed by atoms with van der Waals surface area (Å²) in [6.07, 6.45) is 4.26. The molecule has 0 unspecified atom stereocenters. The first kappa shape index (κ1) is 21.8. The summed E-state index contributed by atoms with van der Waals surface area (Å²) in [5, 5.41) is 2.88. The molecule has 2 aliphatic heterocycles. The third-order valence-electron chi connectivity index (χ3n) is 4.80. The number of amides is 2. The summed E-state index contributed by atoms with van der Waals surface area (Å²) >= 11 is 0. The number of hydrogen-bond acceptors (Lipinski definition) is 6. The first-order chi connectivity index (χ1) is 14.2. The standard InChI is InChI=1S/C22H30N2O6/c1-22(2,3)30-21(26)23-16-7-9-24(10-8-16)19(25)6-5-15-13-17(27-4)20-18(14-15)28-11-12-29-20/h5-6,13-14,16H,7-12H2,1-4H3,(H,23,26)/b6-5+. The van der Waals surface area contributed by atoms with E-state index < -0.39 is 11.7 Å². The van der Waals surface area contributed by atoms with Crippen molar-refractivity contribution in [2.24, 2.45) is 0 Å². The molecule has 0 atom stereocenters. The highest BCUT2D eigenvalue weighted by molar-refractivity contribution is 5.92. The number of alkyl carbamates (subject to hydrolysis) is 1. The van der Waals surface area contributed by atoms with Crippen LogP contribution >= 0.6 is 0 Å². The maximum atomic E-state index is 12.6. The number of ether oxygens (including phenoxy) is 4. The van der Waals surface area contributed by atoms with Gasteiger partial charge in [0.25, 0.3) is 0 Å². The van der Waals surface area contributed by atoms with Crippen LogP contribution < -0.4 is 19.5 Å². The molecule has 164 valence electrons. The number of carbonyl (C=O) groups is 2. The molecular formula is C22H30N2O6. The highest BCUT2D eigenvalue weighted by Gasteiger charge is 2.25. The van der Waals surface area contributed by atoms with E-state index in [0.29, 0.717) is 56.4 Å². The van der Waals surface area contributed by atoms with Crippen LogP contribution in [0.1, 0.15) is 39.2 Å². The van der Waals surface area contributed by atoms with Crippen LogP contribution in [-0.4, -0.2) is 62.0 Å². The Bertz CT molecular complexity index is 789. The highest BCUT2D eigenvalue weighted by Crippen LogP contribution is 2.40. The van der Waals surface area contributed by atoms with Gasteiger partial charge in [-0.2, -0.15) is 0 Å². The van der Waals surface area contributed by atoms with Crippen LogP contribution in [0, 0.1) is 0 Å². The Morgan fingerprint density at radius 1 is 1.17 bits per heavy atom. The zero-order valence-electron chi connectivity index (χ0n) is 18.0. The van der Waals surface area contributed by atoms with Crippen molar-refractivity contribution >= 4 is 18.1 Å². The van der Waals surface area contributed by atoms with E-state index in [1.807, 2.05) is 32.9 Å². The van der Waals surface area contributed by atoms with Gasteiger partial charge >= 0.3 is 6.09 Å². The van der Waals surface area contributed by atoms with E-state index >= 15 is 0 Å². The molecular weight excluding hydrogens is 388 g/mol. The highest BCUT2D eigenvalue weighted by atomic mass is 16.6. The second-order valence-electron chi connectivity index (χ2n) is 8.33. The van der Waals surface area contributed by atoms with E-state index in [1.165, 1.54) is 0 Å². The van der Waals surface area contributed by atoms with Crippen molar-refractivity contribution in [3.05, 3.63) is 23.8 Å². The second-order valence-corrected chi connectivity index (χ2v) is 8.33. The Morgan fingerprint density at radius 3 is 2.53 bits per heavy atom. The molecule has 0 saturated carbocycles. The van der Waals surface area contributed by atoms with Gasteiger partial charge in [-0.25, -0.2) is 4.79 Å². The van der Waals surface area contributed by atoms with Gasteiger partial charge in [-0.15, -0.1) is 0 Å². The normalized spacial score (nSPS) is 17.0. The van der Waals surface area contributed by atoms with Crippen molar-refractivity contribution in [2.75, 3.05) is 33.4 Å². The minimum atomic E-state index is -0.526. The first-order valence-corrected chi connectivity index (χ1v) is 10.2. The summed E-state index contributed by atoms with van der Waals surface area (Å²) in [6.45, 7) is 7.61. The Morgan fingerprint density at radius 2 is 1.87 bits per heavy atom. The molecule has 0 bridgehead atoms. The molecule has 8 nitrogen and oxygen atoms in total. The third-order valence-corrected chi connectivity index (χ3v) is 4.80. The van der Waals surface area contributed by atoms with E-state index in [2.05, 4.69) is 5.32 Å². The largest absolute Gasteiger partial charge is 0.493 e. The number of piperidine rings is 1. The summed E-state index contributed by atoms with van der Waals surface area (Å²) in [5.74, 6) is 1.71. The number of nitrogens with zero attached hydrogens (tertiary/aromatic N) is 1. The Hall–Kier alpha value is -2.90. The number of methoxy groups -OCH3 is 1. The molecule has 1 aromatic rings. The van der Waals surface area contributed by atoms with Gasteiger partial charge in [0, 0.05) is 25.2 Å². The predicted octanol–water partition coefficient (Wildman–Crippen LogP) is 3.00. The van der Waals surface area contributed by atoms with Gasteiger partial charge in [-0.05, 0) is 57.4 Å². The smallest absolute Gasteiger partial charge is 0.407 e. The quantitative estimate of drug-likeness (QED) is 0.757. The van der Waals surface area contributed by atoms with E-state index in [4.69, 9.17) is 18.9 Å². The molecule has 2 amide bonds. The molecule has 0 aliphatic carbocycles. The number of benzene rings is 1. The average Bonchev–Trinajstić information content (AvgIpc) is 2.70. The van der Waals surface area contributed by atoms with E-state index in [0.717, 1.165) is 5.56 Å². The number of nitrogens with one attached hydrogen (secondary N) is 1. The van der Waals surface area contributed by atoms with Crippen LogP contribution in [-0.2, 0) is 9.53 Å². The number of fused-ring (bicyclic) bond motifs is 1. The molecule has 1 aromatic carbocycles. The molecule has 30 heavy (non-hydrogen) atoms. The van der Waals surface area contributed by atoms with E-state index in [1.54, 1.807) is 24.2 Å². The van der Waals surface area contributed by atoms with Crippen molar-refractivity contribution < 1.29 is 28.5 Å². The summed E-state index contributed by atoms with van der Waals surface area (Å²) < 4.78 is 21.9. The number of likely N-dealkylation sites (tertiary alicyclic amines) is 1. The van der Waals surface area contributed by atoms with Crippen molar-refractivity contribution in [3.8, 4) is 17.2 Å². The third kappa shape index (κ3) is 5.81. The van der Waals surface area contributed by atoms with Crippen molar-refractivity contribution in [1.29, 1.82) is 0 Å². The molecule has 2 aliphatic rings. The molecule has 1 N–H and O–H groups in total. The second kappa shape index (κ2) is 9.28. The number of rotatable bonds is 4. The number of hydrogen-bond donors (Lipinski definition) is 1.